The minimum Gasteiger partial charge on any atom is -0.387 e. The minimum absolute atomic E-state index is 0.0705. The molecular weight excluding hydrogens is 695 g/mol. The van der Waals surface area contributed by atoms with Crippen LogP contribution in [0.25, 0.3) is 0 Å². The molecule has 0 rings (SSSR count). The largest absolute Gasteiger partial charge is 0.472 e. The zero-order valence-corrected chi connectivity index (χ0v) is 35.8. The molecule has 0 saturated carbocycles. The third-order valence-electron chi connectivity index (χ3n) is 9.60. The van der Waals surface area contributed by atoms with Crippen molar-refractivity contribution in [3.63, 3.8) is 0 Å². The van der Waals surface area contributed by atoms with Crippen molar-refractivity contribution in [2.45, 2.75) is 212 Å². The molecule has 0 aliphatic heterocycles. The van der Waals surface area contributed by atoms with E-state index in [2.05, 4.69) is 55.6 Å². The van der Waals surface area contributed by atoms with Crippen LogP contribution < -0.4 is 11.1 Å². The number of nitrogens with one attached hydrogen (secondary N) is 1. The standard InChI is InChI=1S/C45H85N2O6P/c1-3-5-7-9-11-13-15-17-19-21-22-23-25-27-29-31-33-35-37-39-45(49)47-43(42-53-54(50,51)52-41-40-46)44(48)38-36-34-32-30-28-26-24-20-18-16-14-12-10-8-6-4-2/h17-20,28,30,36,38,43-44,48H,3-16,21-27,29,31-35,37,39-42,46H2,1-2H3,(H,47,49)(H,50,51)/b19-17-,20-18+,30-28+,38-36+. The van der Waals surface area contributed by atoms with Crippen LogP contribution in [0.2, 0.25) is 0 Å². The second-order valence-corrected chi connectivity index (χ2v) is 16.3. The number of unbranched alkanes of at least 4 members (excludes halogenated alkanes) is 23. The molecule has 1 amide bonds. The molecular formula is C45H85N2O6P. The molecule has 0 spiro atoms. The van der Waals surface area contributed by atoms with E-state index in [0.717, 1.165) is 44.9 Å². The van der Waals surface area contributed by atoms with Gasteiger partial charge >= 0.3 is 7.82 Å². The quantitative estimate of drug-likeness (QED) is 0.0276. The zero-order valence-electron chi connectivity index (χ0n) is 35.0. The molecule has 3 unspecified atom stereocenters. The molecule has 8 nitrogen and oxygen atoms in total. The van der Waals surface area contributed by atoms with Crippen LogP contribution in [0.3, 0.4) is 0 Å². The van der Waals surface area contributed by atoms with Crippen molar-refractivity contribution in [3.8, 4) is 0 Å². The molecule has 0 fully saturated rings. The molecule has 0 aliphatic rings. The molecule has 0 aliphatic carbocycles. The van der Waals surface area contributed by atoms with Gasteiger partial charge in [0, 0.05) is 13.0 Å². The number of amides is 1. The van der Waals surface area contributed by atoms with Gasteiger partial charge in [0.2, 0.25) is 5.91 Å². The number of aliphatic hydroxyl groups excluding tert-OH is 1. The van der Waals surface area contributed by atoms with E-state index in [1.165, 1.54) is 135 Å². The number of aliphatic hydroxyl groups is 1. The first kappa shape index (κ1) is 52.5. The number of phosphoric ester groups is 1. The summed E-state index contributed by atoms with van der Waals surface area (Å²) in [6.45, 7) is 4.09. The Kier molecular flexibility index (Phi) is 39.9. The second kappa shape index (κ2) is 41.1. The van der Waals surface area contributed by atoms with E-state index in [4.69, 9.17) is 14.8 Å². The van der Waals surface area contributed by atoms with Crippen LogP contribution in [-0.4, -0.2) is 47.8 Å². The first-order chi connectivity index (χ1) is 26.4. The van der Waals surface area contributed by atoms with E-state index in [1.54, 1.807) is 6.08 Å². The molecule has 0 aromatic carbocycles. The van der Waals surface area contributed by atoms with Gasteiger partial charge in [-0.1, -0.05) is 172 Å². The highest BCUT2D eigenvalue weighted by Crippen LogP contribution is 2.43. The van der Waals surface area contributed by atoms with E-state index >= 15 is 0 Å². The molecule has 54 heavy (non-hydrogen) atoms. The number of allylic oxidation sites excluding steroid dienone is 7. The lowest BCUT2D eigenvalue weighted by Gasteiger charge is -2.23. The van der Waals surface area contributed by atoms with Gasteiger partial charge in [0.05, 0.1) is 25.4 Å². The predicted molar refractivity (Wildman–Crippen MR) is 231 cm³/mol. The number of carbonyl (C=O) groups is 1. The first-order valence-corrected chi connectivity index (χ1v) is 23.8. The third-order valence-corrected chi connectivity index (χ3v) is 10.6. The Morgan fingerprint density at radius 3 is 1.43 bits per heavy atom. The summed E-state index contributed by atoms with van der Waals surface area (Å²) in [6, 6.07) is -0.884. The summed E-state index contributed by atoms with van der Waals surface area (Å²) in [5.74, 6) is -0.211. The lowest BCUT2D eigenvalue weighted by atomic mass is 10.0. The van der Waals surface area contributed by atoms with Gasteiger partial charge in [-0.2, -0.15) is 0 Å². The number of nitrogens with two attached hydrogens (primary N) is 1. The molecule has 316 valence electrons. The van der Waals surface area contributed by atoms with Crippen LogP contribution in [0, 0.1) is 0 Å². The number of carbonyl (C=O) groups excluding carboxylic acids is 1. The highest BCUT2D eigenvalue weighted by molar-refractivity contribution is 7.47. The number of phosphoric acid groups is 1. The Balaban J connectivity index is 4.26. The van der Waals surface area contributed by atoms with E-state index in [0.29, 0.717) is 6.42 Å². The van der Waals surface area contributed by atoms with Crippen molar-refractivity contribution < 1.29 is 28.4 Å². The van der Waals surface area contributed by atoms with Gasteiger partial charge in [-0.15, -0.1) is 0 Å². The smallest absolute Gasteiger partial charge is 0.387 e. The summed E-state index contributed by atoms with van der Waals surface area (Å²) >= 11 is 0. The van der Waals surface area contributed by atoms with Gasteiger partial charge in [-0.25, -0.2) is 4.57 Å². The van der Waals surface area contributed by atoms with Crippen LogP contribution in [0.4, 0.5) is 0 Å². The van der Waals surface area contributed by atoms with Crippen molar-refractivity contribution in [1.82, 2.24) is 5.32 Å². The Labute approximate surface area is 332 Å². The monoisotopic (exact) mass is 781 g/mol. The Morgan fingerprint density at radius 1 is 0.593 bits per heavy atom. The summed E-state index contributed by atoms with van der Waals surface area (Å²) in [5, 5.41) is 13.6. The molecule has 0 heterocycles. The van der Waals surface area contributed by atoms with E-state index in [9.17, 15) is 19.4 Å². The summed E-state index contributed by atoms with van der Waals surface area (Å²) in [5.41, 5.74) is 5.37. The maximum Gasteiger partial charge on any atom is 0.472 e. The van der Waals surface area contributed by atoms with Gasteiger partial charge in [-0.3, -0.25) is 13.8 Å². The minimum atomic E-state index is -4.35. The van der Waals surface area contributed by atoms with Crippen LogP contribution in [0.5, 0.6) is 0 Å². The van der Waals surface area contributed by atoms with Gasteiger partial charge in [0.25, 0.3) is 0 Å². The predicted octanol–water partition coefficient (Wildman–Crippen LogP) is 12.5. The molecule has 9 heteroatoms. The fourth-order valence-corrected chi connectivity index (χ4v) is 6.98. The van der Waals surface area contributed by atoms with Crippen molar-refractivity contribution >= 4 is 13.7 Å². The van der Waals surface area contributed by atoms with Gasteiger partial charge in [-0.05, 0) is 70.6 Å². The number of rotatable bonds is 41. The Bertz CT molecular complexity index is 985. The normalized spacial score (nSPS) is 14.5. The van der Waals surface area contributed by atoms with Crippen LogP contribution in [0.15, 0.2) is 48.6 Å². The molecule has 5 N–H and O–H groups in total. The van der Waals surface area contributed by atoms with Gasteiger partial charge in [0.15, 0.2) is 0 Å². The number of hydrogen-bond acceptors (Lipinski definition) is 6. The maximum absolute atomic E-state index is 12.8. The van der Waals surface area contributed by atoms with E-state index in [1.807, 2.05) is 6.08 Å². The summed E-state index contributed by atoms with van der Waals surface area (Å²) in [7, 11) is -4.35. The number of hydrogen-bond donors (Lipinski definition) is 4. The average molecular weight is 781 g/mol. The second-order valence-electron chi connectivity index (χ2n) is 14.9. The Morgan fingerprint density at radius 2 is 0.981 bits per heavy atom. The van der Waals surface area contributed by atoms with Crippen LogP contribution in [-0.2, 0) is 18.4 Å². The molecule has 0 aromatic heterocycles. The lowest BCUT2D eigenvalue weighted by molar-refractivity contribution is -0.123. The summed E-state index contributed by atoms with van der Waals surface area (Å²) < 4.78 is 22.1. The van der Waals surface area contributed by atoms with Crippen molar-refractivity contribution in [2.24, 2.45) is 5.73 Å². The van der Waals surface area contributed by atoms with Crippen molar-refractivity contribution in [1.29, 1.82) is 0 Å². The fourth-order valence-electron chi connectivity index (χ4n) is 6.22. The van der Waals surface area contributed by atoms with Gasteiger partial charge < -0.3 is 21.1 Å². The molecule has 0 saturated heterocycles. The topological polar surface area (TPSA) is 131 Å². The lowest BCUT2D eigenvalue weighted by Crippen LogP contribution is -2.45. The maximum atomic E-state index is 12.8. The van der Waals surface area contributed by atoms with E-state index in [-0.39, 0.29) is 25.7 Å². The molecule has 3 atom stereocenters. The molecule has 0 radical (unpaired) electrons. The van der Waals surface area contributed by atoms with E-state index < -0.39 is 20.0 Å². The molecule has 0 bridgehead atoms. The highest BCUT2D eigenvalue weighted by Gasteiger charge is 2.26. The Hall–Kier alpha value is -1.54. The summed E-state index contributed by atoms with van der Waals surface area (Å²) in [4.78, 5) is 22.7. The van der Waals surface area contributed by atoms with Crippen molar-refractivity contribution in [3.05, 3.63) is 48.6 Å². The van der Waals surface area contributed by atoms with Crippen LogP contribution in [0.1, 0.15) is 200 Å². The SMILES string of the molecule is CCCCCCCC/C=C\CCCCCCCCCCCC(=O)NC(COP(=O)(O)OCCN)C(O)/C=C/CC/C=C/CC/C=C/CCCCCCCC. The van der Waals surface area contributed by atoms with Crippen molar-refractivity contribution in [2.75, 3.05) is 19.8 Å². The molecule has 0 aromatic rings. The van der Waals surface area contributed by atoms with Gasteiger partial charge in [0.1, 0.15) is 0 Å². The third kappa shape index (κ3) is 38.7. The first-order valence-electron chi connectivity index (χ1n) is 22.3. The average Bonchev–Trinajstić information content (AvgIpc) is 3.16. The summed E-state index contributed by atoms with van der Waals surface area (Å²) in [6.07, 6.45) is 50.2. The highest BCUT2D eigenvalue weighted by atomic mass is 31.2. The zero-order chi connectivity index (χ0) is 39.6. The fraction of sp³-hybridized carbons (Fsp3) is 0.800. The van der Waals surface area contributed by atoms with Crippen LogP contribution >= 0.6 is 7.82 Å².